The average Bonchev–Trinajstić information content (AvgIpc) is 2.45. The molecule has 0 aliphatic heterocycles. The molecular weight excluding hydrogens is 318 g/mol. The molecule has 0 fully saturated rings. The Kier molecular flexibility index (Phi) is 4.75. The number of halogens is 1. The van der Waals surface area contributed by atoms with E-state index in [2.05, 4.69) is 32.4 Å². The van der Waals surface area contributed by atoms with Crippen LogP contribution in [0.2, 0.25) is 0 Å². The third kappa shape index (κ3) is 2.85. The summed E-state index contributed by atoms with van der Waals surface area (Å²) in [6.45, 7) is 4.06. The van der Waals surface area contributed by atoms with Crippen LogP contribution in [-0.2, 0) is 0 Å². The van der Waals surface area contributed by atoms with E-state index >= 15 is 0 Å². The molecule has 1 unspecified atom stereocenters. The molecule has 20 heavy (non-hydrogen) atoms. The number of ether oxygens (including phenoxy) is 1. The largest absolute Gasteiger partial charge is 0.496 e. The fraction of sp³-hybridized carbons (Fsp3) is 0.267. The Bertz CT molecular complexity index is 616. The van der Waals surface area contributed by atoms with Crippen LogP contribution in [0.15, 0.2) is 34.9 Å². The Hall–Kier alpha value is -1.43. The summed E-state index contributed by atoms with van der Waals surface area (Å²) in [5.74, 6) is 6.63. The van der Waals surface area contributed by atoms with Gasteiger partial charge in [0.2, 0.25) is 0 Å². The highest BCUT2D eigenvalue weighted by molar-refractivity contribution is 9.10. The van der Waals surface area contributed by atoms with E-state index in [4.69, 9.17) is 10.6 Å². The summed E-state index contributed by atoms with van der Waals surface area (Å²) in [5.41, 5.74) is 6.97. The number of aryl methyl sites for hydroxylation is 2. The van der Waals surface area contributed by atoms with Crippen molar-refractivity contribution in [3.05, 3.63) is 57.3 Å². The molecule has 0 saturated heterocycles. The van der Waals surface area contributed by atoms with E-state index in [1.807, 2.05) is 32.0 Å². The molecule has 1 aromatic carbocycles. The van der Waals surface area contributed by atoms with Crippen LogP contribution in [0.25, 0.3) is 0 Å². The topological polar surface area (TPSA) is 60.2 Å². The van der Waals surface area contributed by atoms with E-state index in [-0.39, 0.29) is 6.04 Å². The number of aromatic nitrogens is 1. The monoisotopic (exact) mass is 335 g/mol. The highest BCUT2D eigenvalue weighted by atomic mass is 79.9. The fourth-order valence-corrected chi connectivity index (χ4v) is 2.75. The van der Waals surface area contributed by atoms with Gasteiger partial charge in [0.05, 0.1) is 18.8 Å². The molecule has 0 bridgehead atoms. The first-order valence-corrected chi connectivity index (χ1v) is 7.09. The van der Waals surface area contributed by atoms with Gasteiger partial charge in [-0.25, -0.2) is 5.43 Å². The first-order chi connectivity index (χ1) is 9.58. The zero-order valence-corrected chi connectivity index (χ0v) is 13.4. The number of hydrogen-bond donors (Lipinski definition) is 2. The van der Waals surface area contributed by atoms with Crippen molar-refractivity contribution in [2.45, 2.75) is 19.9 Å². The van der Waals surface area contributed by atoms with Gasteiger partial charge in [-0.15, -0.1) is 0 Å². The van der Waals surface area contributed by atoms with Gasteiger partial charge in [-0.3, -0.25) is 10.8 Å². The molecular formula is C15H18BrN3O. The zero-order valence-electron chi connectivity index (χ0n) is 11.8. The van der Waals surface area contributed by atoms with Gasteiger partial charge in [-0.2, -0.15) is 0 Å². The number of benzene rings is 1. The van der Waals surface area contributed by atoms with Gasteiger partial charge >= 0.3 is 0 Å². The lowest BCUT2D eigenvalue weighted by atomic mass is 9.96. The molecule has 0 spiro atoms. The van der Waals surface area contributed by atoms with E-state index in [9.17, 15) is 0 Å². The van der Waals surface area contributed by atoms with Crippen LogP contribution in [0.5, 0.6) is 5.75 Å². The molecule has 0 radical (unpaired) electrons. The maximum absolute atomic E-state index is 5.75. The van der Waals surface area contributed by atoms with Gasteiger partial charge in [0.1, 0.15) is 5.75 Å². The molecule has 0 amide bonds. The van der Waals surface area contributed by atoms with Crippen molar-refractivity contribution in [1.82, 2.24) is 10.4 Å². The minimum absolute atomic E-state index is 0.171. The Morgan fingerprint density at radius 2 is 2.05 bits per heavy atom. The minimum atomic E-state index is -0.171. The normalized spacial score (nSPS) is 12.2. The highest BCUT2D eigenvalue weighted by Crippen LogP contribution is 2.31. The van der Waals surface area contributed by atoms with Gasteiger partial charge in [0, 0.05) is 10.7 Å². The van der Waals surface area contributed by atoms with Crippen molar-refractivity contribution in [2.24, 2.45) is 5.84 Å². The summed E-state index contributed by atoms with van der Waals surface area (Å²) >= 11 is 3.52. The smallest absolute Gasteiger partial charge is 0.122 e. The van der Waals surface area contributed by atoms with Crippen LogP contribution in [0.4, 0.5) is 0 Å². The van der Waals surface area contributed by atoms with Crippen LogP contribution in [0.1, 0.15) is 28.4 Å². The molecule has 1 atom stereocenters. The molecule has 1 aromatic heterocycles. The van der Waals surface area contributed by atoms with Gasteiger partial charge in [-0.05, 0) is 64.7 Å². The lowest BCUT2D eigenvalue weighted by molar-refractivity contribution is 0.411. The molecule has 106 valence electrons. The predicted molar refractivity (Wildman–Crippen MR) is 83.6 cm³/mol. The van der Waals surface area contributed by atoms with Crippen LogP contribution >= 0.6 is 15.9 Å². The number of hydrazine groups is 1. The first kappa shape index (κ1) is 15.0. The molecule has 0 saturated carbocycles. The standard InChI is InChI=1S/C15H18BrN3O/c1-9-8-13(20-3)10(2)7-11(9)14(19-17)15-12(16)5-4-6-18-15/h4-8,14,19H,17H2,1-3H3. The van der Waals surface area contributed by atoms with Crippen molar-refractivity contribution in [3.8, 4) is 5.75 Å². The number of methoxy groups -OCH3 is 1. The summed E-state index contributed by atoms with van der Waals surface area (Å²) in [6.07, 6.45) is 1.76. The molecule has 4 nitrogen and oxygen atoms in total. The maximum Gasteiger partial charge on any atom is 0.122 e. The van der Waals surface area contributed by atoms with Gasteiger partial charge in [0.25, 0.3) is 0 Å². The Balaban J connectivity index is 2.53. The minimum Gasteiger partial charge on any atom is -0.496 e. The second-order valence-electron chi connectivity index (χ2n) is 4.65. The van der Waals surface area contributed by atoms with Gasteiger partial charge in [0.15, 0.2) is 0 Å². The third-order valence-corrected chi connectivity index (χ3v) is 3.99. The number of pyridine rings is 1. The lowest BCUT2D eigenvalue weighted by Crippen LogP contribution is -2.30. The molecule has 2 aromatic rings. The van der Waals surface area contributed by atoms with Crippen molar-refractivity contribution in [2.75, 3.05) is 7.11 Å². The Morgan fingerprint density at radius 1 is 1.30 bits per heavy atom. The number of nitrogens with two attached hydrogens (primary N) is 1. The summed E-state index contributed by atoms with van der Waals surface area (Å²) in [7, 11) is 1.68. The molecule has 1 heterocycles. The van der Waals surface area contributed by atoms with Crippen molar-refractivity contribution < 1.29 is 4.74 Å². The summed E-state index contributed by atoms with van der Waals surface area (Å²) in [4.78, 5) is 4.42. The van der Waals surface area contributed by atoms with E-state index < -0.39 is 0 Å². The quantitative estimate of drug-likeness (QED) is 0.666. The van der Waals surface area contributed by atoms with E-state index in [1.165, 1.54) is 0 Å². The highest BCUT2D eigenvalue weighted by Gasteiger charge is 2.19. The first-order valence-electron chi connectivity index (χ1n) is 6.30. The molecule has 3 N–H and O–H groups in total. The van der Waals surface area contributed by atoms with Crippen LogP contribution < -0.4 is 16.0 Å². The van der Waals surface area contributed by atoms with Gasteiger partial charge in [-0.1, -0.05) is 6.07 Å². The second kappa shape index (κ2) is 6.35. The van der Waals surface area contributed by atoms with E-state index in [1.54, 1.807) is 13.3 Å². The van der Waals surface area contributed by atoms with Crippen molar-refractivity contribution in [3.63, 3.8) is 0 Å². The van der Waals surface area contributed by atoms with Gasteiger partial charge < -0.3 is 4.74 Å². The zero-order chi connectivity index (χ0) is 14.7. The number of nitrogens with one attached hydrogen (secondary N) is 1. The van der Waals surface area contributed by atoms with Crippen LogP contribution in [0.3, 0.4) is 0 Å². The second-order valence-corrected chi connectivity index (χ2v) is 5.50. The Labute approximate surface area is 127 Å². The van der Waals surface area contributed by atoms with Crippen LogP contribution in [-0.4, -0.2) is 12.1 Å². The Morgan fingerprint density at radius 3 is 2.65 bits per heavy atom. The number of nitrogens with zero attached hydrogens (tertiary/aromatic N) is 1. The molecule has 5 heteroatoms. The lowest BCUT2D eigenvalue weighted by Gasteiger charge is -2.20. The van der Waals surface area contributed by atoms with E-state index in [0.717, 1.165) is 32.6 Å². The predicted octanol–water partition coefficient (Wildman–Crippen LogP) is 3.02. The molecule has 2 rings (SSSR count). The molecule has 0 aliphatic rings. The maximum atomic E-state index is 5.75. The number of rotatable bonds is 4. The number of hydrogen-bond acceptors (Lipinski definition) is 4. The fourth-order valence-electron chi connectivity index (χ4n) is 2.27. The summed E-state index contributed by atoms with van der Waals surface area (Å²) in [6, 6.07) is 7.77. The van der Waals surface area contributed by atoms with Crippen molar-refractivity contribution >= 4 is 15.9 Å². The summed E-state index contributed by atoms with van der Waals surface area (Å²) in [5, 5.41) is 0. The SMILES string of the molecule is COc1cc(C)c(C(NN)c2ncccc2Br)cc1C. The molecule has 0 aliphatic carbocycles. The van der Waals surface area contributed by atoms with Crippen molar-refractivity contribution in [1.29, 1.82) is 0 Å². The third-order valence-electron chi connectivity index (χ3n) is 3.32. The van der Waals surface area contributed by atoms with E-state index in [0.29, 0.717) is 0 Å². The summed E-state index contributed by atoms with van der Waals surface area (Å²) < 4.78 is 6.27. The average molecular weight is 336 g/mol. The van der Waals surface area contributed by atoms with Crippen LogP contribution in [0, 0.1) is 13.8 Å².